The molecule has 0 aliphatic heterocycles. The Labute approximate surface area is 103 Å². The summed E-state index contributed by atoms with van der Waals surface area (Å²) in [5.74, 6) is -0.991. The lowest BCUT2D eigenvalue weighted by atomic mass is 9.98. The Bertz CT molecular complexity index is 424. The first-order valence-electron chi connectivity index (χ1n) is 4.73. The van der Waals surface area contributed by atoms with E-state index >= 15 is 0 Å². The van der Waals surface area contributed by atoms with Gasteiger partial charge in [-0.15, -0.1) is 0 Å². The maximum Gasteiger partial charge on any atom is 0.339 e. The highest BCUT2D eigenvalue weighted by Crippen LogP contribution is 2.24. The molecule has 1 N–H and O–H groups in total. The summed E-state index contributed by atoms with van der Waals surface area (Å²) in [5, 5.41) is 9.72. The third kappa shape index (κ3) is 2.64. The highest BCUT2D eigenvalue weighted by atomic mass is 79.9. The van der Waals surface area contributed by atoms with E-state index in [9.17, 15) is 4.79 Å². The van der Waals surface area contributed by atoms with Crippen molar-refractivity contribution in [3.05, 3.63) is 41.2 Å². The molecule has 0 saturated heterocycles. The average molecular weight is 285 g/mol. The molecule has 0 aliphatic carbocycles. The highest BCUT2D eigenvalue weighted by Gasteiger charge is 2.15. The summed E-state index contributed by atoms with van der Waals surface area (Å²) in [4.78, 5) is 11.1. The van der Waals surface area contributed by atoms with Gasteiger partial charge in [0.05, 0.1) is 13.4 Å². The minimum Gasteiger partial charge on any atom is -0.503 e. The summed E-state index contributed by atoms with van der Waals surface area (Å²) in [6.07, 6.45) is 1.25. The first-order chi connectivity index (χ1) is 7.61. The van der Waals surface area contributed by atoms with Crippen molar-refractivity contribution < 1.29 is 14.6 Å². The summed E-state index contributed by atoms with van der Waals surface area (Å²) in [5.41, 5.74) is 2.87. The maximum absolute atomic E-state index is 11.1. The van der Waals surface area contributed by atoms with Crippen molar-refractivity contribution in [1.29, 1.82) is 0 Å². The molecular weight excluding hydrogens is 272 g/mol. The zero-order chi connectivity index (χ0) is 12.1. The van der Waals surface area contributed by atoms with Gasteiger partial charge in [-0.25, -0.2) is 4.79 Å². The summed E-state index contributed by atoms with van der Waals surface area (Å²) in [6, 6.07) is 5.57. The summed E-state index contributed by atoms with van der Waals surface area (Å²) < 4.78 is 4.80. The van der Waals surface area contributed by atoms with Crippen LogP contribution in [0.25, 0.3) is 5.57 Å². The number of carbonyl (C=O) groups is 1. The molecule has 86 valence electrons. The predicted molar refractivity (Wildman–Crippen MR) is 66.4 cm³/mol. The molecule has 0 fully saturated rings. The number of methoxy groups -OCH3 is 1. The summed E-state index contributed by atoms with van der Waals surface area (Å²) in [7, 11) is 1.44. The molecule has 0 amide bonds. The molecule has 0 saturated carbocycles. The summed E-state index contributed by atoms with van der Waals surface area (Å²) in [6.45, 7) is 1.95. The van der Waals surface area contributed by atoms with Crippen LogP contribution in [-0.4, -0.2) is 18.2 Å². The molecule has 1 rings (SSSR count). The lowest BCUT2D eigenvalue weighted by molar-refractivity contribution is -0.130. The molecule has 1 aromatic carbocycles. The first kappa shape index (κ1) is 12.8. The topological polar surface area (TPSA) is 46.5 Å². The maximum atomic E-state index is 11.1. The van der Waals surface area contributed by atoms with Crippen LogP contribution in [0.3, 0.4) is 0 Å². The van der Waals surface area contributed by atoms with Gasteiger partial charge in [-0.05, 0) is 23.6 Å². The van der Waals surface area contributed by atoms with Crippen molar-refractivity contribution in [1.82, 2.24) is 0 Å². The Hall–Kier alpha value is -1.29. The molecule has 3 nitrogen and oxygen atoms in total. The zero-order valence-electron chi connectivity index (χ0n) is 9.16. The van der Waals surface area contributed by atoms with Crippen LogP contribution >= 0.6 is 15.9 Å². The summed E-state index contributed by atoms with van der Waals surface area (Å²) >= 11 is 3.37. The molecule has 4 heteroatoms. The largest absolute Gasteiger partial charge is 0.503 e. The number of hydrogen-bond donors (Lipinski definition) is 1. The quantitative estimate of drug-likeness (QED) is 0.525. The molecule has 0 aliphatic rings. The molecule has 0 heterocycles. The number of carboxylic acid groups (broad SMARTS) is 1. The van der Waals surface area contributed by atoms with Gasteiger partial charge in [0.15, 0.2) is 0 Å². The molecule has 0 unspecified atom stereocenters. The lowest BCUT2D eigenvalue weighted by Crippen LogP contribution is -2.04. The van der Waals surface area contributed by atoms with E-state index in [1.807, 2.05) is 19.1 Å². The van der Waals surface area contributed by atoms with Gasteiger partial charge < -0.3 is 9.84 Å². The SMILES string of the molecule is COC=C(C(=O)O)c1cccc(C)c1CBr. The van der Waals surface area contributed by atoms with E-state index in [2.05, 4.69) is 15.9 Å². The number of aliphatic carboxylic acids is 1. The molecule has 1 aromatic rings. The molecule has 0 bridgehead atoms. The number of rotatable bonds is 4. The Morgan fingerprint density at radius 2 is 2.25 bits per heavy atom. The van der Waals surface area contributed by atoms with Gasteiger partial charge in [-0.1, -0.05) is 34.1 Å². The van der Waals surface area contributed by atoms with E-state index in [1.54, 1.807) is 6.07 Å². The smallest absolute Gasteiger partial charge is 0.339 e. The molecule has 16 heavy (non-hydrogen) atoms. The van der Waals surface area contributed by atoms with E-state index < -0.39 is 5.97 Å². The minimum absolute atomic E-state index is 0.167. The second kappa shape index (κ2) is 5.70. The average Bonchev–Trinajstić information content (AvgIpc) is 2.25. The lowest BCUT2D eigenvalue weighted by Gasteiger charge is -2.10. The van der Waals surface area contributed by atoms with Gasteiger partial charge in [0.1, 0.15) is 5.57 Å². The van der Waals surface area contributed by atoms with Gasteiger partial charge in [0.2, 0.25) is 0 Å². The van der Waals surface area contributed by atoms with Gasteiger partial charge in [0, 0.05) is 5.33 Å². The number of alkyl halides is 1. The minimum atomic E-state index is -0.991. The highest BCUT2D eigenvalue weighted by molar-refractivity contribution is 9.08. The van der Waals surface area contributed by atoms with Gasteiger partial charge >= 0.3 is 5.97 Å². The number of hydrogen-bond acceptors (Lipinski definition) is 2. The predicted octanol–water partition coefficient (Wildman–Crippen LogP) is 2.96. The van der Waals surface area contributed by atoms with Crippen LogP contribution < -0.4 is 0 Å². The fourth-order valence-electron chi connectivity index (χ4n) is 1.48. The van der Waals surface area contributed by atoms with E-state index in [0.29, 0.717) is 10.9 Å². The monoisotopic (exact) mass is 284 g/mol. The number of benzene rings is 1. The van der Waals surface area contributed by atoms with Crippen molar-refractivity contribution in [3.8, 4) is 0 Å². The van der Waals surface area contributed by atoms with Gasteiger partial charge in [-0.3, -0.25) is 0 Å². The van der Waals surface area contributed by atoms with Crippen molar-refractivity contribution >= 4 is 27.5 Å². The number of ether oxygens (including phenoxy) is 1. The fraction of sp³-hybridized carbons (Fsp3) is 0.250. The molecule has 0 radical (unpaired) electrons. The van der Waals surface area contributed by atoms with E-state index in [1.165, 1.54) is 13.4 Å². The van der Waals surface area contributed by atoms with E-state index in [-0.39, 0.29) is 5.57 Å². The van der Waals surface area contributed by atoms with Crippen molar-refractivity contribution in [2.24, 2.45) is 0 Å². The number of aryl methyl sites for hydroxylation is 1. The molecule has 0 atom stereocenters. The molecule has 0 spiro atoms. The Morgan fingerprint density at radius 1 is 1.56 bits per heavy atom. The van der Waals surface area contributed by atoms with Gasteiger partial charge in [0.25, 0.3) is 0 Å². The fourth-order valence-corrected chi connectivity index (χ4v) is 2.22. The van der Waals surface area contributed by atoms with Crippen LogP contribution in [0.1, 0.15) is 16.7 Å². The van der Waals surface area contributed by atoms with Crippen molar-refractivity contribution in [2.75, 3.05) is 7.11 Å². The van der Waals surface area contributed by atoms with E-state index in [4.69, 9.17) is 9.84 Å². The van der Waals surface area contributed by atoms with Crippen LogP contribution in [0.5, 0.6) is 0 Å². The Kier molecular flexibility index (Phi) is 4.55. The Morgan fingerprint density at radius 3 is 2.75 bits per heavy atom. The number of halogens is 1. The second-order valence-electron chi connectivity index (χ2n) is 3.31. The standard InChI is InChI=1S/C12H13BrO3/c1-8-4-3-5-9(10(8)6-13)11(7-16-2)12(14)15/h3-5,7H,6H2,1-2H3,(H,14,15). The van der Waals surface area contributed by atoms with Gasteiger partial charge in [-0.2, -0.15) is 0 Å². The van der Waals surface area contributed by atoms with Crippen LogP contribution in [-0.2, 0) is 14.9 Å². The molecule has 0 aromatic heterocycles. The van der Waals surface area contributed by atoms with Crippen molar-refractivity contribution in [2.45, 2.75) is 12.3 Å². The van der Waals surface area contributed by atoms with Crippen LogP contribution in [0.2, 0.25) is 0 Å². The second-order valence-corrected chi connectivity index (χ2v) is 3.87. The van der Waals surface area contributed by atoms with Crippen LogP contribution in [0, 0.1) is 6.92 Å². The first-order valence-corrected chi connectivity index (χ1v) is 5.85. The van der Waals surface area contributed by atoms with E-state index in [0.717, 1.165) is 11.1 Å². The van der Waals surface area contributed by atoms with Crippen LogP contribution in [0.15, 0.2) is 24.5 Å². The third-order valence-corrected chi connectivity index (χ3v) is 2.86. The number of carboxylic acids is 1. The third-order valence-electron chi connectivity index (χ3n) is 2.30. The zero-order valence-corrected chi connectivity index (χ0v) is 10.7. The Balaban J connectivity index is 3.35. The normalized spacial score (nSPS) is 11.3. The van der Waals surface area contributed by atoms with Crippen molar-refractivity contribution in [3.63, 3.8) is 0 Å². The molecular formula is C12H13BrO3. The van der Waals surface area contributed by atoms with Crippen LogP contribution in [0.4, 0.5) is 0 Å².